The molecule has 1 N–H and O–H groups in total. The number of ether oxygens (including phenoxy) is 1. The predicted octanol–water partition coefficient (Wildman–Crippen LogP) is 2.60. The highest BCUT2D eigenvalue weighted by molar-refractivity contribution is 5.93. The first-order valence-corrected chi connectivity index (χ1v) is 7.51. The van der Waals surface area contributed by atoms with E-state index in [-0.39, 0.29) is 11.5 Å². The van der Waals surface area contributed by atoms with Gasteiger partial charge in [0.05, 0.1) is 24.3 Å². The highest BCUT2D eigenvalue weighted by Crippen LogP contribution is 2.16. The van der Waals surface area contributed by atoms with Crippen molar-refractivity contribution in [1.82, 2.24) is 9.55 Å². The lowest BCUT2D eigenvalue weighted by atomic mass is 10.2. The number of aromatic nitrogens is 2. The Labute approximate surface area is 138 Å². The molecule has 1 atom stereocenters. The van der Waals surface area contributed by atoms with E-state index in [1.165, 1.54) is 10.9 Å². The third-order valence-corrected chi connectivity index (χ3v) is 3.84. The summed E-state index contributed by atoms with van der Waals surface area (Å²) in [5.74, 6) is 0.412. The van der Waals surface area contributed by atoms with Crippen LogP contribution in [0.5, 0.6) is 5.75 Å². The van der Waals surface area contributed by atoms with Gasteiger partial charge in [-0.3, -0.25) is 14.2 Å². The second-order valence-corrected chi connectivity index (χ2v) is 5.37. The van der Waals surface area contributed by atoms with E-state index in [1.54, 1.807) is 56.5 Å². The van der Waals surface area contributed by atoms with Crippen LogP contribution in [0.15, 0.2) is 59.7 Å². The summed E-state index contributed by atoms with van der Waals surface area (Å²) < 4.78 is 6.42. The molecular formula is C18H17N3O3. The van der Waals surface area contributed by atoms with Crippen molar-refractivity contribution in [1.29, 1.82) is 0 Å². The minimum absolute atomic E-state index is 0.238. The Bertz CT molecular complexity index is 932. The van der Waals surface area contributed by atoms with Crippen LogP contribution in [0.3, 0.4) is 0 Å². The fourth-order valence-corrected chi connectivity index (χ4v) is 2.41. The summed E-state index contributed by atoms with van der Waals surface area (Å²) >= 11 is 0. The summed E-state index contributed by atoms with van der Waals surface area (Å²) in [6.45, 7) is 1.66. The SMILES string of the molecule is COc1ccc(NC(=O)C(C)n2cnc3ccccc3c2=O)cc1. The van der Waals surface area contributed by atoms with Crippen molar-refractivity contribution in [2.45, 2.75) is 13.0 Å². The molecular weight excluding hydrogens is 306 g/mol. The molecule has 1 heterocycles. The molecule has 0 spiro atoms. The van der Waals surface area contributed by atoms with Crippen LogP contribution in [0.4, 0.5) is 5.69 Å². The number of amides is 1. The summed E-state index contributed by atoms with van der Waals surface area (Å²) in [6, 6.07) is 13.4. The van der Waals surface area contributed by atoms with Crippen molar-refractivity contribution in [2.24, 2.45) is 0 Å². The number of hydrogen-bond donors (Lipinski definition) is 1. The van der Waals surface area contributed by atoms with Crippen molar-refractivity contribution in [3.63, 3.8) is 0 Å². The van der Waals surface area contributed by atoms with Gasteiger partial charge < -0.3 is 10.1 Å². The molecule has 1 amide bonds. The number of carbonyl (C=O) groups is 1. The van der Waals surface area contributed by atoms with Gasteiger partial charge in [-0.05, 0) is 43.3 Å². The van der Waals surface area contributed by atoms with Crippen LogP contribution in [-0.2, 0) is 4.79 Å². The number of nitrogens with zero attached hydrogens (tertiary/aromatic N) is 2. The average Bonchev–Trinajstić information content (AvgIpc) is 2.62. The van der Waals surface area contributed by atoms with Crippen molar-refractivity contribution >= 4 is 22.5 Å². The minimum atomic E-state index is -0.684. The van der Waals surface area contributed by atoms with E-state index in [0.29, 0.717) is 22.3 Å². The first-order valence-electron chi connectivity index (χ1n) is 7.51. The van der Waals surface area contributed by atoms with Crippen LogP contribution < -0.4 is 15.6 Å². The maximum absolute atomic E-state index is 12.5. The number of methoxy groups -OCH3 is 1. The van der Waals surface area contributed by atoms with Crippen LogP contribution in [0.25, 0.3) is 10.9 Å². The maximum Gasteiger partial charge on any atom is 0.261 e. The van der Waals surface area contributed by atoms with Gasteiger partial charge in [-0.25, -0.2) is 4.98 Å². The highest BCUT2D eigenvalue weighted by Gasteiger charge is 2.17. The van der Waals surface area contributed by atoms with Crippen molar-refractivity contribution in [3.05, 3.63) is 65.2 Å². The molecule has 0 saturated heterocycles. The van der Waals surface area contributed by atoms with Gasteiger partial charge in [0.1, 0.15) is 11.8 Å². The van der Waals surface area contributed by atoms with E-state index in [9.17, 15) is 9.59 Å². The third-order valence-electron chi connectivity index (χ3n) is 3.84. The summed E-state index contributed by atoms with van der Waals surface area (Å²) in [4.78, 5) is 29.2. The molecule has 24 heavy (non-hydrogen) atoms. The highest BCUT2D eigenvalue weighted by atomic mass is 16.5. The van der Waals surface area contributed by atoms with Gasteiger partial charge in [-0.15, -0.1) is 0 Å². The molecule has 122 valence electrons. The van der Waals surface area contributed by atoms with Crippen LogP contribution in [-0.4, -0.2) is 22.6 Å². The summed E-state index contributed by atoms with van der Waals surface area (Å²) in [5.41, 5.74) is 1.01. The van der Waals surface area contributed by atoms with Crippen molar-refractivity contribution in [3.8, 4) is 5.75 Å². The topological polar surface area (TPSA) is 73.2 Å². The lowest BCUT2D eigenvalue weighted by Gasteiger charge is -2.15. The molecule has 2 aromatic carbocycles. The van der Waals surface area contributed by atoms with Crippen LogP contribution in [0.1, 0.15) is 13.0 Å². The lowest BCUT2D eigenvalue weighted by molar-refractivity contribution is -0.118. The van der Waals surface area contributed by atoms with Crippen molar-refractivity contribution in [2.75, 3.05) is 12.4 Å². The van der Waals surface area contributed by atoms with E-state index in [4.69, 9.17) is 4.74 Å². The Morgan fingerprint density at radius 2 is 1.88 bits per heavy atom. The van der Waals surface area contributed by atoms with Crippen LogP contribution >= 0.6 is 0 Å². The van der Waals surface area contributed by atoms with Gasteiger partial charge >= 0.3 is 0 Å². The molecule has 3 rings (SSSR count). The van der Waals surface area contributed by atoms with Crippen LogP contribution in [0, 0.1) is 0 Å². The molecule has 0 aliphatic carbocycles. The van der Waals surface area contributed by atoms with Gasteiger partial charge in [-0.2, -0.15) is 0 Å². The Morgan fingerprint density at radius 3 is 2.58 bits per heavy atom. The molecule has 0 radical (unpaired) electrons. The Kier molecular flexibility index (Phi) is 4.29. The predicted molar refractivity (Wildman–Crippen MR) is 92.3 cm³/mol. The lowest BCUT2D eigenvalue weighted by Crippen LogP contribution is -2.31. The standard InChI is InChI=1S/C18H17N3O3/c1-12(17(22)20-13-7-9-14(24-2)10-8-13)21-11-19-16-6-4-3-5-15(16)18(21)23/h3-12H,1-2H3,(H,20,22). The number of benzene rings is 2. The monoisotopic (exact) mass is 323 g/mol. The quantitative estimate of drug-likeness (QED) is 0.801. The van der Waals surface area contributed by atoms with Gasteiger partial charge in [0.2, 0.25) is 5.91 Å². The fourth-order valence-electron chi connectivity index (χ4n) is 2.41. The maximum atomic E-state index is 12.5. The molecule has 1 aromatic heterocycles. The largest absolute Gasteiger partial charge is 0.497 e. The minimum Gasteiger partial charge on any atom is -0.497 e. The Morgan fingerprint density at radius 1 is 1.17 bits per heavy atom. The second kappa shape index (κ2) is 6.54. The smallest absolute Gasteiger partial charge is 0.261 e. The zero-order chi connectivity index (χ0) is 17.1. The first-order chi connectivity index (χ1) is 11.6. The zero-order valence-corrected chi connectivity index (χ0v) is 13.4. The van der Waals surface area contributed by atoms with E-state index in [0.717, 1.165) is 0 Å². The molecule has 6 heteroatoms. The number of nitrogens with one attached hydrogen (secondary N) is 1. The zero-order valence-electron chi connectivity index (χ0n) is 13.4. The number of hydrogen-bond acceptors (Lipinski definition) is 4. The number of rotatable bonds is 4. The molecule has 0 bridgehead atoms. The first kappa shape index (κ1) is 15.7. The van der Waals surface area contributed by atoms with E-state index < -0.39 is 6.04 Å². The summed E-state index contributed by atoms with van der Waals surface area (Å²) in [7, 11) is 1.58. The fraction of sp³-hybridized carbons (Fsp3) is 0.167. The van der Waals surface area contributed by atoms with Gasteiger partial charge in [0, 0.05) is 5.69 Å². The number of fused-ring (bicyclic) bond motifs is 1. The van der Waals surface area contributed by atoms with Gasteiger partial charge in [0.15, 0.2) is 0 Å². The molecule has 0 aliphatic heterocycles. The normalized spacial score (nSPS) is 11.9. The molecule has 6 nitrogen and oxygen atoms in total. The summed E-state index contributed by atoms with van der Waals surface area (Å²) in [5, 5.41) is 3.27. The molecule has 0 saturated carbocycles. The average molecular weight is 323 g/mol. The van der Waals surface area contributed by atoms with E-state index >= 15 is 0 Å². The third kappa shape index (κ3) is 2.99. The van der Waals surface area contributed by atoms with Gasteiger partial charge in [0.25, 0.3) is 5.56 Å². The summed E-state index contributed by atoms with van der Waals surface area (Å²) in [6.07, 6.45) is 1.41. The molecule has 1 unspecified atom stereocenters. The molecule has 3 aromatic rings. The molecule has 0 aliphatic rings. The number of anilines is 1. The number of para-hydroxylation sites is 1. The van der Waals surface area contributed by atoms with E-state index in [2.05, 4.69) is 10.3 Å². The second-order valence-electron chi connectivity index (χ2n) is 5.37. The Balaban J connectivity index is 1.85. The van der Waals surface area contributed by atoms with E-state index in [1.807, 2.05) is 6.07 Å². The molecule has 0 fully saturated rings. The number of carbonyl (C=O) groups excluding carboxylic acids is 1. The Hall–Kier alpha value is -3.15. The van der Waals surface area contributed by atoms with Gasteiger partial charge in [-0.1, -0.05) is 12.1 Å². The van der Waals surface area contributed by atoms with Crippen molar-refractivity contribution < 1.29 is 9.53 Å². The van der Waals surface area contributed by atoms with Crippen LogP contribution in [0.2, 0.25) is 0 Å².